The van der Waals surface area contributed by atoms with Crippen molar-refractivity contribution < 1.29 is 42.9 Å². The first-order chi connectivity index (χ1) is 16.0. The van der Waals surface area contributed by atoms with E-state index in [1.165, 1.54) is 0 Å². The van der Waals surface area contributed by atoms with Crippen LogP contribution in [0, 0.1) is 21.7 Å². The van der Waals surface area contributed by atoms with Gasteiger partial charge in [0.2, 0.25) is 0 Å². The summed E-state index contributed by atoms with van der Waals surface area (Å²) in [4.78, 5) is 51.0. The van der Waals surface area contributed by atoms with Crippen molar-refractivity contribution in [3.63, 3.8) is 0 Å². The van der Waals surface area contributed by atoms with E-state index in [-0.39, 0.29) is 6.61 Å². The van der Waals surface area contributed by atoms with Gasteiger partial charge in [0.05, 0.1) is 21.7 Å². The van der Waals surface area contributed by atoms with Crippen molar-refractivity contribution in [2.75, 3.05) is 6.61 Å². The fraction of sp³-hybridized carbons (Fsp3) is 0.846. The third kappa shape index (κ3) is 8.91. The largest absolute Gasteiger partial charge is 0.462 e. The Kier molecular flexibility index (Phi) is 10.1. The van der Waals surface area contributed by atoms with Gasteiger partial charge in [0.25, 0.3) is 0 Å². The highest BCUT2D eigenvalue weighted by atomic mass is 35.5. The van der Waals surface area contributed by atoms with Crippen LogP contribution >= 0.6 is 11.6 Å². The van der Waals surface area contributed by atoms with Crippen LogP contribution in [0.3, 0.4) is 0 Å². The molecule has 0 radical (unpaired) electrons. The van der Waals surface area contributed by atoms with Crippen LogP contribution in [-0.2, 0) is 42.9 Å². The van der Waals surface area contributed by atoms with Gasteiger partial charge in [0, 0.05) is 0 Å². The van der Waals surface area contributed by atoms with Gasteiger partial charge in [-0.2, -0.15) is 0 Å². The third-order valence-electron chi connectivity index (χ3n) is 5.13. The quantitative estimate of drug-likeness (QED) is 0.287. The molecule has 36 heavy (non-hydrogen) atoms. The highest BCUT2D eigenvalue weighted by Gasteiger charge is 2.54. The molecule has 1 aliphatic heterocycles. The number of ether oxygens (including phenoxy) is 5. The van der Waals surface area contributed by atoms with E-state index in [1.54, 1.807) is 83.1 Å². The van der Waals surface area contributed by atoms with Crippen LogP contribution in [0.25, 0.3) is 0 Å². The number of carbonyl (C=O) groups excluding carboxylic acids is 4. The van der Waals surface area contributed by atoms with Gasteiger partial charge in [-0.25, -0.2) is 0 Å². The highest BCUT2D eigenvalue weighted by molar-refractivity contribution is 6.20. The fourth-order valence-electron chi connectivity index (χ4n) is 2.68. The van der Waals surface area contributed by atoms with Crippen LogP contribution < -0.4 is 0 Å². The number of hydrogen-bond acceptors (Lipinski definition) is 9. The monoisotopic (exact) mass is 534 g/mol. The zero-order valence-electron chi connectivity index (χ0n) is 23.6. The summed E-state index contributed by atoms with van der Waals surface area (Å²) in [5.41, 5.74) is -4.81. The number of esters is 4. The minimum absolute atomic E-state index is 0.328. The third-order valence-corrected chi connectivity index (χ3v) is 5.49. The number of hydrogen-bond donors (Lipinski definition) is 0. The smallest absolute Gasteiger partial charge is 0.311 e. The van der Waals surface area contributed by atoms with E-state index in [2.05, 4.69) is 0 Å². The van der Waals surface area contributed by atoms with Crippen molar-refractivity contribution in [3.8, 4) is 0 Å². The van der Waals surface area contributed by atoms with Crippen molar-refractivity contribution in [2.24, 2.45) is 21.7 Å². The number of alkyl halides is 1. The van der Waals surface area contributed by atoms with E-state index >= 15 is 0 Å². The van der Waals surface area contributed by atoms with Gasteiger partial charge < -0.3 is 23.7 Å². The molecular formula is C26H43ClO9. The molecule has 9 nitrogen and oxygen atoms in total. The zero-order valence-corrected chi connectivity index (χ0v) is 24.4. The summed E-state index contributed by atoms with van der Waals surface area (Å²) in [6, 6.07) is 0. The van der Waals surface area contributed by atoms with Crippen LogP contribution in [0.2, 0.25) is 0 Å². The predicted octanol–water partition coefficient (Wildman–Crippen LogP) is 4.41. The number of carbonyl (C=O) groups is 4. The van der Waals surface area contributed by atoms with Gasteiger partial charge in [-0.1, -0.05) is 11.6 Å². The summed E-state index contributed by atoms with van der Waals surface area (Å²) in [6.45, 7) is 19.6. The van der Waals surface area contributed by atoms with E-state index < -0.39 is 75.5 Å². The maximum Gasteiger partial charge on any atom is 0.311 e. The Morgan fingerprint density at radius 2 is 0.917 bits per heavy atom. The van der Waals surface area contributed by atoms with E-state index in [4.69, 9.17) is 35.3 Å². The molecule has 208 valence electrons. The van der Waals surface area contributed by atoms with Crippen LogP contribution in [0.5, 0.6) is 0 Å². The van der Waals surface area contributed by atoms with Gasteiger partial charge in [0.15, 0.2) is 23.9 Å². The molecule has 0 aliphatic carbocycles. The molecule has 1 saturated heterocycles. The molecule has 0 aromatic heterocycles. The minimum atomic E-state index is -1.32. The second-order valence-electron chi connectivity index (χ2n) is 13.2. The first kappa shape index (κ1) is 32.2. The molecule has 1 heterocycles. The second-order valence-corrected chi connectivity index (χ2v) is 13.7. The lowest BCUT2D eigenvalue weighted by Gasteiger charge is -2.44. The molecule has 1 aliphatic rings. The van der Waals surface area contributed by atoms with Crippen molar-refractivity contribution >= 4 is 35.5 Å². The lowest BCUT2D eigenvalue weighted by atomic mass is 9.93. The molecule has 0 N–H and O–H groups in total. The van der Waals surface area contributed by atoms with Crippen LogP contribution in [0.1, 0.15) is 83.1 Å². The van der Waals surface area contributed by atoms with Crippen LogP contribution in [-0.4, -0.2) is 60.5 Å². The first-order valence-corrected chi connectivity index (χ1v) is 12.5. The van der Waals surface area contributed by atoms with Crippen LogP contribution in [0.15, 0.2) is 0 Å². The van der Waals surface area contributed by atoms with Crippen LogP contribution in [0.4, 0.5) is 0 Å². The lowest BCUT2D eigenvalue weighted by Crippen LogP contribution is -2.62. The molecule has 5 atom stereocenters. The van der Waals surface area contributed by atoms with Gasteiger partial charge in [-0.15, -0.1) is 0 Å². The van der Waals surface area contributed by atoms with Crippen molar-refractivity contribution in [3.05, 3.63) is 0 Å². The molecule has 0 bridgehead atoms. The Labute approximate surface area is 219 Å². The molecule has 0 saturated carbocycles. The molecular weight excluding hydrogens is 492 g/mol. The Hall–Kier alpha value is -1.87. The summed E-state index contributed by atoms with van der Waals surface area (Å²) in [7, 11) is 0. The van der Waals surface area contributed by atoms with E-state index in [0.29, 0.717) is 0 Å². The minimum Gasteiger partial charge on any atom is -0.462 e. The number of halogens is 1. The topological polar surface area (TPSA) is 114 Å². The maximum atomic E-state index is 12.9. The normalized spacial score (nSPS) is 25.5. The molecule has 0 aromatic carbocycles. The Balaban J connectivity index is 3.50. The molecule has 0 amide bonds. The summed E-state index contributed by atoms with van der Waals surface area (Å²) in [6.07, 6.45) is -4.98. The summed E-state index contributed by atoms with van der Waals surface area (Å²) in [5, 5.41) is 0. The standard InChI is InChI=1S/C26H43ClO9/c1-23(2,3)19(28)32-13-14-15(34-20(29)24(4,5)6)16(35-21(30)25(7,8)9)17(18(27)33-14)36-22(31)26(10,11)12/h14-18H,13H2,1-12H3/t14-,15-,16+,17-,18+/m1/s1. The zero-order chi connectivity index (χ0) is 28.4. The van der Waals surface area contributed by atoms with Gasteiger partial charge in [-0.05, 0) is 83.1 Å². The lowest BCUT2D eigenvalue weighted by molar-refractivity contribution is -0.247. The van der Waals surface area contributed by atoms with E-state index in [0.717, 1.165) is 0 Å². The molecule has 1 fully saturated rings. The SMILES string of the molecule is CC(C)(C)C(=O)OC[C@H]1O[C@H](Cl)[C@H](OC(=O)C(C)(C)C)[C@@H](OC(=O)C(C)(C)C)[C@@H]1OC(=O)C(C)(C)C. The fourth-order valence-corrected chi connectivity index (χ4v) is 3.00. The Bertz CT molecular complexity index is 824. The molecule has 0 spiro atoms. The molecule has 0 aromatic rings. The summed E-state index contributed by atoms with van der Waals surface area (Å²) < 4.78 is 28.5. The summed E-state index contributed by atoms with van der Waals surface area (Å²) >= 11 is 6.49. The van der Waals surface area contributed by atoms with Gasteiger partial charge in [0.1, 0.15) is 12.7 Å². The maximum absolute atomic E-state index is 12.9. The average Bonchev–Trinajstić information content (AvgIpc) is 2.67. The average molecular weight is 535 g/mol. The number of rotatable bonds is 5. The second kappa shape index (κ2) is 11.3. The van der Waals surface area contributed by atoms with Crippen molar-refractivity contribution in [2.45, 2.75) is 113 Å². The molecule has 10 heteroatoms. The van der Waals surface area contributed by atoms with Crippen molar-refractivity contribution in [1.82, 2.24) is 0 Å². The summed E-state index contributed by atoms with van der Waals surface area (Å²) in [5.74, 6) is -2.37. The first-order valence-electron chi connectivity index (χ1n) is 12.1. The van der Waals surface area contributed by atoms with Crippen molar-refractivity contribution in [1.29, 1.82) is 0 Å². The van der Waals surface area contributed by atoms with Gasteiger partial charge in [-0.3, -0.25) is 19.2 Å². The predicted molar refractivity (Wildman–Crippen MR) is 133 cm³/mol. The van der Waals surface area contributed by atoms with Gasteiger partial charge >= 0.3 is 23.9 Å². The Morgan fingerprint density at radius 1 is 0.583 bits per heavy atom. The van der Waals surface area contributed by atoms with E-state index in [9.17, 15) is 19.2 Å². The van der Waals surface area contributed by atoms with E-state index in [1.807, 2.05) is 0 Å². The molecule has 0 unspecified atom stereocenters. The Morgan fingerprint density at radius 3 is 1.28 bits per heavy atom. The highest BCUT2D eigenvalue weighted by Crippen LogP contribution is 2.35. The molecule has 1 rings (SSSR count).